The molecule has 0 radical (unpaired) electrons. The lowest BCUT2D eigenvalue weighted by Crippen LogP contribution is -2.42. The van der Waals surface area contributed by atoms with Gasteiger partial charge in [0.25, 0.3) is 0 Å². The minimum atomic E-state index is 0.592. The van der Waals surface area contributed by atoms with Crippen molar-refractivity contribution in [2.45, 2.75) is 31.8 Å². The number of anilines is 1. The Morgan fingerprint density at radius 1 is 1.15 bits per heavy atom. The summed E-state index contributed by atoms with van der Waals surface area (Å²) in [7, 11) is 2.22. The SMILES string of the molecule is CC1CC(Nc2ccc3cc(Br)ccc3c2)CCN1C. The van der Waals surface area contributed by atoms with Crippen LogP contribution in [0.15, 0.2) is 40.9 Å². The molecule has 0 saturated carbocycles. The summed E-state index contributed by atoms with van der Waals surface area (Å²) in [5.41, 5.74) is 1.24. The van der Waals surface area contributed by atoms with Gasteiger partial charge in [0.1, 0.15) is 0 Å². The molecule has 106 valence electrons. The molecule has 20 heavy (non-hydrogen) atoms. The Morgan fingerprint density at radius 2 is 1.90 bits per heavy atom. The first kappa shape index (κ1) is 13.9. The topological polar surface area (TPSA) is 15.3 Å². The lowest BCUT2D eigenvalue weighted by molar-refractivity contribution is 0.190. The Hall–Kier alpha value is -1.06. The summed E-state index contributed by atoms with van der Waals surface area (Å²) < 4.78 is 1.13. The van der Waals surface area contributed by atoms with Crippen molar-refractivity contribution in [2.24, 2.45) is 0 Å². The highest BCUT2D eigenvalue weighted by Crippen LogP contribution is 2.25. The maximum atomic E-state index is 3.70. The molecule has 3 heteroatoms. The Balaban J connectivity index is 1.76. The van der Waals surface area contributed by atoms with E-state index in [0.29, 0.717) is 12.1 Å². The predicted octanol–water partition coefficient (Wildman–Crippen LogP) is 4.50. The number of likely N-dealkylation sites (tertiary alicyclic amines) is 1. The van der Waals surface area contributed by atoms with Gasteiger partial charge in [0.15, 0.2) is 0 Å². The average Bonchev–Trinajstić information content (AvgIpc) is 2.43. The molecule has 0 bridgehead atoms. The molecule has 2 atom stereocenters. The van der Waals surface area contributed by atoms with E-state index in [1.54, 1.807) is 0 Å². The fourth-order valence-electron chi connectivity index (χ4n) is 2.96. The summed E-state index contributed by atoms with van der Waals surface area (Å²) in [4.78, 5) is 2.44. The molecule has 1 fully saturated rings. The van der Waals surface area contributed by atoms with E-state index in [1.165, 1.54) is 35.8 Å². The number of fused-ring (bicyclic) bond motifs is 1. The van der Waals surface area contributed by atoms with Crippen LogP contribution < -0.4 is 5.32 Å². The standard InChI is InChI=1S/C17H21BrN2/c1-12-9-17(7-8-20(12)2)19-16-6-4-13-10-15(18)5-3-14(13)11-16/h3-6,10-12,17,19H,7-9H2,1-2H3. The van der Waals surface area contributed by atoms with Crippen molar-refractivity contribution in [3.05, 3.63) is 40.9 Å². The van der Waals surface area contributed by atoms with Crippen LogP contribution in [0.1, 0.15) is 19.8 Å². The number of nitrogens with zero attached hydrogens (tertiary/aromatic N) is 1. The molecule has 1 heterocycles. The lowest BCUT2D eigenvalue weighted by Gasteiger charge is -2.35. The molecule has 0 aromatic heterocycles. The molecule has 2 nitrogen and oxygen atoms in total. The fraction of sp³-hybridized carbons (Fsp3) is 0.412. The van der Waals surface area contributed by atoms with E-state index in [0.717, 1.165) is 4.47 Å². The summed E-state index contributed by atoms with van der Waals surface area (Å²) in [6.07, 6.45) is 2.44. The van der Waals surface area contributed by atoms with E-state index >= 15 is 0 Å². The monoisotopic (exact) mass is 332 g/mol. The number of hydrogen-bond donors (Lipinski definition) is 1. The summed E-state index contributed by atoms with van der Waals surface area (Å²) >= 11 is 3.52. The first-order chi connectivity index (χ1) is 9.61. The number of piperidine rings is 1. The molecular formula is C17H21BrN2. The van der Waals surface area contributed by atoms with E-state index in [9.17, 15) is 0 Å². The van der Waals surface area contributed by atoms with Gasteiger partial charge in [-0.15, -0.1) is 0 Å². The van der Waals surface area contributed by atoms with Crippen LogP contribution in [-0.4, -0.2) is 30.6 Å². The lowest BCUT2D eigenvalue weighted by atomic mass is 9.98. The molecule has 2 aromatic carbocycles. The zero-order valence-corrected chi connectivity index (χ0v) is 13.7. The number of hydrogen-bond acceptors (Lipinski definition) is 2. The van der Waals surface area contributed by atoms with Crippen LogP contribution in [0.4, 0.5) is 5.69 Å². The van der Waals surface area contributed by atoms with Crippen LogP contribution in [0.3, 0.4) is 0 Å². The molecule has 2 unspecified atom stereocenters. The molecule has 0 aliphatic carbocycles. The van der Waals surface area contributed by atoms with Gasteiger partial charge in [-0.3, -0.25) is 0 Å². The second-order valence-corrected chi connectivity index (χ2v) is 6.82. The second kappa shape index (κ2) is 5.74. The summed E-state index contributed by atoms with van der Waals surface area (Å²) in [6, 6.07) is 14.3. The number of rotatable bonds is 2. The van der Waals surface area contributed by atoms with Gasteiger partial charge in [0, 0.05) is 28.8 Å². The number of halogens is 1. The highest BCUT2D eigenvalue weighted by Gasteiger charge is 2.22. The van der Waals surface area contributed by atoms with Crippen LogP contribution in [-0.2, 0) is 0 Å². The van der Waals surface area contributed by atoms with Crippen LogP contribution in [0, 0.1) is 0 Å². The predicted molar refractivity (Wildman–Crippen MR) is 90.4 cm³/mol. The third-order valence-corrected chi connectivity index (χ3v) is 4.87. The number of nitrogens with one attached hydrogen (secondary N) is 1. The molecule has 1 saturated heterocycles. The zero-order valence-electron chi connectivity index (χ0n) is 12.1. The smallest absolute Gasteiger partial charge is 0.0348 e. The summed E-state index contributed by atoms with van der Waals surface area (Å²) in [5, 5.41) is 6.27. The van der Waals surface area contributed by atoms with Gasteiger partial charge < -0.3 is 10.2 Å². The third kappa shape index (κ3) is 2.99. The molecule has 3 rings (SSSR count). The van der Waals surface area contributed by atoms with Crippen molar-refractivity contribution in [3.63, 3.8) is 0 Å². The Labute approximate surface area is 129 Å². The van der Waals surface area contributed by atoms with Crippen LogP contribution in [0.5, 0.6) is 0 Å². The first-order valence-corrected chi connectivity index (χ1v) is 8.07. The Kier molecular flexibility index (Phi) is 3.99. The maximum absolute atomic E-state index is 3.70. The summed E-state index contributed by atoms with van der Waals surface area (Å²) in [6.45, 7) is 3.49. The van der Waals surface area contributed by atoms with Crippen molar-refractivity contribution in [1.82, 2.24) is 4.90 Å². The number of benzene rings is 2. The maximum Gasteiger partial charge on any atom is 0.0348 e. The largest absolute Gasteiger partial charge is 0.382 e. The highest BCUT2D eigenvalue weighted by molar-refractivity contribution is 9.10. The van der Waals surface area contributed by atoms with E-state index < -0.39 is 0 Å². The van der Waals surface area contributed by atoms with Gasteiger partial charge in [-0.1, -0.05) is 28.1 Å². The zero-order chi connectivity index (χ0) is 14.1. The third-order valence-electron chi connectivity index (χ3n) is 4.38. The van der Waals surface area contributed by atoms with E-state index in [2.05, 4.69) is 76.5 Å². The van der Waals surface area contributed by atoms with Crippen molar-refractivity contribution < 1.29 is 0 Å². The van der Waals surface area contributed by atoms with Gasteiger partial charge in [-0.2, -0.15) is 0 Å². The van der Waals surface area contributed by atoms with Crippen LogP contribution in [0.2, 0.25) is 0 Å². The Bertz CT molecular complexity index is 611. The van der Waals surface area contributed by atoms with Gasteiger partial charge in [-0.25, -0.2) is 0 Å². The van der Waals surface area contributed by atoms with E-state index in [1.807, 2.05) is 0 Å². The minimum absolute atomic E-state index is 0.592. The molecule has 0 spiro atoms. The van der Waals surface area contributed by atoms with Gasteiger partial charge in [-0.05, 0) is 61.9 Å². The Morgan fingerprint density at radius 3 is 2.70 bits per heavy atom. The molecule has 1 N–H and O–H groups in total. The van der Waals surface area contributed by atoms with Crippen molar-refractivity contribution >= 4 is 32.4 Å². The van der Waals surface area contributed by atoms with Crippen LogP contribution in [0.25, 0.3) is 10.8 Å². The minimum Gasteiger partial charge on any atom is -0.382 e. The summed E-state index contributed by atoms with van der Waals surface area (Å²) in [5.74, 6) is 0. The van der Waals surface area contributed by atoms with Gasteiger partial charge in [0.2, 0.25) is 0 Å². The molecule has 2 aromatic rings. The fourth-order valence-corrected chi connectivity index (χ4v) is 3.34. The van der Waals surface area contributed by atoms with Gasteiger partial charge >= 0.3 is 0 Å². The first-order valence-electron chi connectivity index (χ1n) is 7.28. The van der Waals surface area contributed by atoms with E-state index in [-0.39, 0.29) is 0 Å². The van der Waals surface area contributed by atoms with Crippen LogP contribution >= 0.6 is 15.9 Å². The average molecular weight is 333 g/mol. The molecular weight excluding hydrogens is 312 g/mol. The molecule has 0 amide bonds. The van der Waals surface area contributed by atoms with Gasteiger partial charge in [0.05, 0.1) is 0 Å². The molecule has 1 aliphatic heterocycles. The molecule has 1 aliphatic rings. The second-order valence-electron chi connectivity index (χ2n) is 5.90. The quantitative estimate of drug-likeness (QED) is 0.871. The van der Waals surface area contributed by atoms with Crippen molar-refractivity contribution in [2.75, 3.05) is 18.9 Å². The normalized spacial score (nSPS) is 23.9. The highest BCUT2D eigenvalue weighted by atomic mass is 79.9. The van der Waals surface area contributed by atoms with Crippen molar-refractivity contribution in [1.29, 1.82) is 0 Å². The van der Waals surface area contributed by atoms with E-state index in [4.69, 9.17) is 0 Å². The van der Waals surface area contributed by atoms with Crippen molar-refractivity contribution in [3.8, 4) is 0 Å².